The van der Waals surface area contributed by atoms with Crippen molar-refractivity contribution in [3.8, 4) is 0 Å². The summed E-state index contributed by atoms with van der Waals surface area (Å²) < 4.78 is 0. The monoisotopic (exact) mass is 239 g/mol. The Morgan fingerprint density at radius 3 is 3.12 bits per heavy atom. The van der Waals surface area contributed by atoms with Crippen molar-refractivity contribution in [3.05, 3.63) is 22.8 Å². The highest BCUT2D eigenvalue weighted by atomic mass is 35.5. The summed E-state index contributed by atoms with van der Waals surface area (Å²) in [5, 5.41) is 3.27. The molecule has 1 amide bonds. The summed E-state index contributed by atoms with van der Waals surface area (Å²) >= 11 is 5.89. The minimum absolute atomic E-state index is 0.167. The number of hydrogen-bond donors (Lipinski definition) is 2. The summed E-state index contributed by atoms with van der Waals surface area (Å²) in [5.41, 5.74) is 5.91. The topological polar surface area (TPSA) is 68.0 Å². The highest BCUT2D eigenvalue weighted by Crippen LogP contribution is 2.33. The van der Waals surface area contributed by atoms with Crippen LogP contribution in [0.4, 0.5) is 5.82 Å². The standard InChI is InChI=1S/C11H14ClN3O/c1-2-6-3-9(6)15-11(16)7-4-10(13)14-5-8(7)12/h4-6,9H,2-3H2,1H3,(H2,13,14)(H,15,16). The second-order valence-electron chi connectivity index (χ2n) is 4.07. The number of hydrogen-bond acceptors (Lipinski definition) is 3. The van der Waals surface area contributed by atoms with Crippen molar-refractivity contribution in [2.75, 3.05) is 5.73 Å². The quantitative estimate of drug-likeness (QED) is 0.846. The lowest BCUT2D eigenvalue weighted by Gasteiger charge is -2.06. The summed E-state index contributed by atoms with van der Waals surface area (Å²) in [7, 11) is 0. The molecule has 0 spiro atoms. The van der Waals surface area contributed by atoms with Gasteiger partial charge in [0.25, 0.3) is 5.91 Å². The molecule has 86 valence electrons. The molecular formula is C11H14ClN3O. The number of aromatic nitrogens is 1. The van der Waals surface area contributed by atoms with Crippen molar-refractivity contribution in [2.45, 2.75) is 25.8 Å². The Balaban J connectivity index is 2.06. The van der Waals surface area contributed by atoms with Crippen molar-refractivity contribution in [3.63, 3.8) is 0 Å². The second-order valence-corrected chi connectivity index (χ2v) is 4.48. The first-order chi connectivity index (χ1) is 7.61. The number of carbonyl (C=O) groups excluding carboxylic acids is 1. The minimum Gasteiger partial charge on any atom is -0.384 e. The van der Waals surface area contributed by atoms with Crippen LogP contribution >= 0.6 is 11.6 Å². The molecule has 0 aromatic carbocycles. The van der Waals surface area contributed by atoms with E-state index in [1.54, 1.807) is 0 Å². The highest BCUT2D eigenvalue weighted by molar-refractivity contribution is 6.33. The molecule has 2 atom stereocenters. The fourth-order valence-corrected chi connectivity index (χ4v) is 1.94. The van der Waals surface area contributed by atoms with E-state index in [0.29, 0.717) is 28.4 Å². The molecule has 2 rings (SSSR count). The fourth-order valence-electron chi connectivity index (χ4n) is 1.75. The maximum atomic E-state index is 11.9. The van der Waals surface area contributed by atoms with Crippen molar-refractivity contribution in [2.24, 2.45) is 5.92 Å². The number of amides is 1. The van der Waals surface area contributed by atoms with Crippen LogP contribution in [0.3, 0.4) is 0 Å². The normalized spacial score (nSPS) is 22.9. The summed E-state index contributed by atoms with van der Waals surface area (Å²) in [5.74, 6) is 0.749. The molecule has 1 saturated carbocycles. The Morgan fingerprint density at radius 1 is 1.75 bits per heavy atom. The molecule has 1 aliphatic carbocycles. The van der Waals surface area contributed by atoms with Crippen LogP contribution in [0, 0.1) is 5.92 Å². The summed E-state index contributed by atoms with van der Waals surface area (Å²) in [6, 6.07) is 1.80. The number of carbonyl (C=O) groups is 1. The average Bonchev–Trinajstić information content (AvgIpc) is 3.00. The maximum absolute atomic E-state index is 11.9. The van der Waals surface area contributed by atoms with Gasteiger partial charge in [-0.15, -0.1) is 0 Å². The molecule has 1 heterocycles. The van der Waals surface area contributed by atoms with E-state index in [1.807, 2.05) is 0 Å². The van der Waals surface area contributed by atoms with Gasteiger partial charge >= 0.3 is 0 Å². The van der Waals surface area contributed by atoms with Crippen molar-refractivity contribution in [1.29, 1.82) is 0 Å². The number of nitrogens with one attached hydrogen (secondary N) is 1. The van der Waals surface area contributed by atoms with Crippen LogP contribution in [-0.4, -0.2) is 16.9 Å². The Labute approximate surface area is 99.2 Å². The zero-order valence-electron chi connectivity index (χ0n) is 9.03. The van der Waals surface area contributed by atoms with E-state index in [9.17, 15) is 4.79 Å². The molecule has 2 unspecified atom stereocenters. The Morgan fingerprint density at radius 2 is 2.50 bits per heavy atom. The lowest BCUT2D eigenvalue weighted by atomic mass is 10.2. The van der Waals surface area contributed by atoms with Gasteiger partial charge in [0.2, 0.25) is 0 Å². The molecule has 1 aromatic rings. The van der Waals surface area contributed by atoms with Crippen LogP contribution < -0.4 is 11.1 Å². The third-order valence-electron chi connectivity index (χ3n) is 2.88. The minimum atomic E-state index is -0.167. The van der Waals surface area contributed by atoms with Crippen LogP contribution in [0.15, 0.2) is 12.3 Å². The molecule has 1 fully saturated rings. The van der Waals surface area contributed by atoms with E-state index in [-0.39, 0.29) is 5.91 Å². The molecule has 0 bridgehead atoms. The first-order valence-corrected chi connectivity index (χ1v) is 5.71. The first kappa shape index (κ1) is 11.2. The van der Waals surface area contributed by atoms with Gasteiger partial charge in [-0.1, -0.05) is 24.9 Å². The van der Waals surface area contributed by atoms with E-state index in [2.05, 4.69) is 17.2 Å². The summed E-state index contributed by atoms with van der Waals surface area (Å²) in [4.78, 5) is 15.7. The van der Waals surface area contributed by atoms with Gasteiger partial charge < -0.3 is 11.1 Å². The summed E-state index contributed by atoms with van der Waals surface area (Å²) in [6.07, 6.45) is 3.55. The largest absolute Gasteiger partial charge is 0.384 e. The van der Waals surface area contributed by atoms with Gasteiger partial charge in [-0.05, 0) is 18.4 Å². The maximum Gasteiger partial charge on any atom is 0.253 e. The molecule has 16 heavy (non-hydrogen) atoms. The highest BCUT2D eigenvalue weighted by Gasteiger charge is 2.36. The van der Waals surface area contributed by atoms with Gasteiger partial charge in [0.15, 0.2) is 0 Å². The van der Waals surface area contributed by atoms with Gasteiger partial charge in [0.1, 0.15) is 5.82 Å². The molecule has 0 radical (unpaired) electrons. The molecule has 0 saturated heterocycles. The third-order valence-corrected chi connectivity index (χ3v) is 3.19. The van der Waals surface area contributed by atoms with E-state index in [4.69, 9.17) is 17.3 Å². The van der Waals surface area contributed by atoms with E-state index >= 15 is 0 Å². The number of nitrogens with zero attached hydrogens (tertiary/aromatic N) is 1. The van der Waals surface area contributed by atoms with Crippen molar-refractivity contribution >= 4 is 23.3 Å². The number of nitrogens with two attached hydrogens (primary N) is 1. The van der Waals surface area contributed by atoms with E-state index < -0.39 is 0 Å². The number of nitrogen functional groups attached to an aromatic ring is 1. The Hall–Kier alpha value is -1.29. The van der Waals surface area contributed by atoms with Crippen LogP contribution in [-0.2, 0) is 0 Å². The second kappa shape index (κ2) is 4.29. The first-order valence-electron chi connectivity index (χ1n) is 5.33. The lowest BCUT2D eigenvalue weighted by Crippen LogP contribution is -2.27. The molecule has 0 aliphatic heterocycles. The van der Waals surface area contributed by atoms with E-state index in [1.165, 1.54) is 12.3 Å². The number of halogens is 1. The number of pyridine rings is 1. The van der Waals surface area contributed by atoms with Crippen LogP contribution in [0.1, 0.15) is 30.1 Å². The summed E-state index contributed by atoms with van der Waals surface area (Å²) in [6.45, 7) is 2.12. The van der Waals surface area contributed by atoms with Gasteiger partial charge in [-0.3, -0.25) is 4.79 Å². The van der Waals surface area contributed by atoms with E-state index in [0.717, 1.165) is 12.8 Å². The number of anilines is 1. The van der Waals surface area contributed by atoms with Crippen LogP contribution in [0.2, 0.25) is 5.02 Å². The Kier molecular flexibility index (Phi) is 3.01. The smallest absolute Gasteiger partial charge is 0.253 e. The van der Waals surface area contributed by atoms with Gasteiger partial charge in [-0.2, -0.15) is 0 Å². The van der Waals surface area contributed by atoms with Crippen molar-refractivity contribution in [1.82, 2.24) is 10.3 Å². The lowest BCUT2D eigenvalue weighted by molar-refractivity contribution is 0.0949. The van der Waals surface area contributed by atoms with Crippen LogP contribution in [0.25, 0.3) is 0 Å². The predicted molar refractivity (Wildman–Crippen MR) is 63.3 cm³/mol. The molecular weight excluding hydrogens is 226 g/mol. The van der Waals surface area contributed by atoms with Crippen LogP contribution in [0.5, 0.6) is 0 Å². The Bertz CT molecular complexity index is 422. The van der Waals surface area contributed by atoms with Crippen molar-refractivity contribution < 1.29 is 4.79 Å². The van der Waals surface area contributed by atoms with Gasteiger partial charge in [0, 0.05) is 12.2 Å². The zero-order valence-corrected chi connectivity index (χ0v) is 9.79. The van der Waals surface area contributed by atoms with Gasteiger partial charge in [-0.25, -0.2) is 4.98 Å². The fraction of sp³-hybridized carbons (Fsp3) is 0.455. The molecule has 1 aromatic heterocycles. The third kappa shape index (κ3) is 2.27. The molecule has 3 N–H and O–H groups in total. The molecule has 1 aliphatic rings. The average molecular weight is 240 g/mol. The predicted octanol–water partition coefficient (Wildman–Crippen LogP) is 1.85. The zero-order chi connectivity index (χ0) is 11.7. The molecule has 5 heteroatoms. The number of rotatable bonds is 3. The van der Waals surface area contributed by atoms with Gasteiger partial charge in [0.05, 0.1) is 10.6 Å². The SMILES string of the molecule is CCC1CC1NC(=O)c1cc(N)ncc1Cl. The molecule has 4 nitrogen and oxygen atoms in total.